The van der Waals surface area contributed by atoms with E-state index in [1.807, 2.05) is 32.1 Å². The molecule has 0 aliphatic heterocycles. The number of ketones is 3. The number of aromatic amines is 1. The number of H-pyrrole nitrogens is 1. The molecule has 0 amide bonds. The molecule has 8 heteroatoms. The number of aliphatic hydroxyl groups is 1. The van der Waals surface area contributed by atoms with Gasteiger partial charge in [-0.25, -0.2) is 9.97 Å². The van der Waals surface area contributed by atoms with Crippen LogP contribution in [0.15, 0.2) is 47.3 Å². The maximum absolute atomic E-state index is 13.8. The number of nitrogens with one attached hydrogen (secondary N) is 1. The monoisotopic (exact) mass is 505 g/mol. The van der Waals surface area contributed by atoms with E-state index in [0.29, 0.717) is 17.2 Å². The van der Waals surface area contributed by atoms with Crippen LogP contribution in [-0.4, -0.2) is 48.8 Å². The van der Waals surface area contributed by atoms with Gasteiger partial charge in [0.2, 0.25) is 0 Å². The lowest BCUT2D eigenvalue weighted by atomic mass is 9.46. The summed E-state index contributed by atoms with van der Waals surface area (Å²) in [7, 11) is 0. The second-order valence-electron chi connectivity index (χ2n) is 11.6. The van der Waals surface area contributed by atoms with Crippen LogP contribution in [0.2, 0.25) is 0 Å². The van der Waals surface area contributed by atoms with Crippen LogP contribution in [-0.2, 0) is 14.4 Å². The van der Waals surface area contributed by atoms with E-state index >= 15 is 0 Å². The van der Waals surface area contributed by atoms with Crippen molar-refractivity contribution in [3.8, 4) is 0 Å². The van der Waals surface area contributed by atoms with Gasteiger partial charge in [0.05, 0.1) is 5.75 Å². The molecule has 188 valence electrons. The molecular formula is C28H31N3O4S. The van der Waals surface area contributed by atoms with E-state index < -0.39 is 16.4 Å². The van der Waals surface area contributed by atoms with E-state index in [0.717, 1.165) is 23.9 Å². The van der Waals surface area contributed by atoms with Crippen molar-refractivity contribution >= 4 is 40.3 Å². The molecule has 0 radical (unpaired) electrons. The highest BCUT2D eigenvalue weighted by atomic mass is 32.2. The number of hydrogen-bond donors (Lipinski definition) is 2. The molecule has 7 nitrogen and oxygen atoms in total. The van der Waals surface area contributed by atoms with Gasteiger partial charge in [0.15, 0.2) is 22.4 Å². The molecule has 0 spiro atoms. The molecule has 3 saturated carbocycles. The molecule has 2 heterocycles. The van der Waals surface area contributed by atoms with E-state index in [2.05, 4.69) is 21.9 Å². The Morgan fingerprint density at radius 3 is 2.89 bits per heavy atom. The summed E-state index contributed by atoms with van der Waals surface area (Å²) in [5.41, 5.74) is -0.423. The minimum atomic E-state index is -1.58. The largest absolute Gasteiger partial charge is 0.381 e. The number of thioether (sulfide) groups is 1. The Hall–Kier alpha value is -2.58. The smallest absolute Gasteiger partial charge is 0.178 e. The van der Waals surface area contributed by atoms with Gasteiger partial charge in [-0.2, -0.15) is 0 Å². The van der Waals surface area contributed by atoms with Crippen molar-refractivity contribution < 1.29 is 19.5 Å². The lowest BCUT2D eigenvalue weighted by molar-refractivity contribution is -0.169. The zero-order chi connectivity index (χ0) is 25.5. The molecule has 36 heavy (non-hydrogen) atoms. The quantitative estimate of drug-likeness (QED) is 0.602. The molecule has 7 atom stereocenters. The van der Waals surface area contributed by atoms with Crippen molar-refractivity contribution in [1.82, 2.24) is 15.0 Å². The highest BCUT2D eigenvalue weighted by molar-refractivity contribution is 7.99. The fourth-order valence-electron chi connectivity index (χ4n) is 8.09. The first-order chi connectivity index (χ1) is 17.1. The van der Waals surface area contributed by atoms with Crippen molar-refractivity contribution in [2.24, 2.45) is 34.5 Å². The number of pyridine rings is 1. The van der Waals surface area contributed by atoms with Gasteiger partial charge in [0.25, 0.3) is 0 Å². The molecule has 2 aromatic heterocycles. The Balaban J connectivity index is 1.28. The standard InChI is InChI=1S/C28H31N3O4S/c1-15-11-19-18-7-6-16-12-17(32)8-9-26(16,2)23(18)21(33)13-27(19,3)28(15,35)22(34)14-36-25-30-20-5-4-10-29-24(20)31-25/h4-5,8-10,12,15,18-19,23,35H,6-7,11,13-14H2,1-3H3,(H,29,30,31)/t15-,18?,19?,23?,26?,27?,28+/m1/s1. The number of allylic oxidation sites excluding steroid dienone is 4. The Morgan fingerprint density at radius 1 is 1.31 bits per heavy atom. The first-order valence-corrected chi connectivity index (χ1v) is 13.7. The average Bonchev–Trinajstić information content (AvgIpc) is 3.35. The van der Waals surface area contributed by atoms with Crippen LogP contribution < -0.4 is 0 Å². The molecule has 4 aliphatic carbocycles. The van der Waals surface area contributed by atoms with Crippen LogP contribution in [0, 0.1) is 34.5 Å². The molecule has 0 saturated heterocycles. The van der Waals surface area contributed by atoms with Crippen LogP contribution >= 0.6 is 11.8 Å². The summed E-state index contributed by atoms with van der Waals surface area (Å²) in [6.45, 7) is 5.98. The first kappa shape index (κ1) is 23.8. The van der Waals surface area contributed by atoms with E-state index in [1.54, 1.807) is 18.3 Å². The zero-order valence-corrected chi connectivity index (χ0v) is 21.6. The summed E-state index contributed by atoms with van der Waals surface area (Å²) in [5, 5.41) is 12.7. The fourth-order valence-corrected chi connectivity index (χ4v) is 8.91. The third kappa shape index (κ3) is 3.13. The number of rotatable bonds is 4. The van der Waals surface area contributed by atoms with Crippen molar-refractivity contribution in [2.45, 2.75) is 57.2 Å². The van der Waals surface area contributed by atoms with Crippen LogP contribution in [0.1, 0.15) is 46.5 Å². The van der Waals surface area contributed by atoms with Gasteiger partial charge in [-0.15, -0.1) is 0 Å². The maximum Gasteiger partial charge on any atom is 0.178 e. The summed E-state index contributed by atoms with van der Waals surface area (Å²) >= 11 is 1.27. The number of nitrogens with zero attached hydrogens (tertiary/aromatic N) is 2. The summed E-state index contributed by atoms with van der Waals surface area (Å²) in [6.07, 6.45) is 9.37. The number of aromatic nitrogens is 3. The van der Waals surface area contributed by atoms with Gasteiger partial charge in [-0.1, -0.05) is 44.2 Å². The Kier molecular flexibility index (Phi) is 5.26. The van der Waals surface area contributed by atoms with Crippen LogP contribution in [0.5, 0.6) is 0 Å². The lowest BCUT2D eigenvalue weighted by Crippen LogP contribution is -2.61. The SMILES string of the molecule is C[C@@H]1CC2C3CCC4=CC(=O)C=CC4(C)C3C(=O)CC2(C)[C@@]1(O)C(=O)CSc1nc2cccnc2[nH]1. The molecule has 3 fully saturated rings. The second kappa shape index (κ2) is 7.96. The van der Waals surface area contributed by atoms with Crippen LogP contribution in [0.4, 0.5) is 0 Å². The average molecular weight is 506 g/mol. The Morgan fingerprint density at radius 2 is 2.11 bits per heavy atom. The molecule has 2 aromatic rings. The zero-order valence-electron chi connectivity index (χ0n) is 20.8. The third-order valence-electron chi connectivity index (χ3n) is 9.84. The number of carbonyl (C=O) groups is 3. The van der Waals surface area contributed by atoms with Gasteiger partial charge < -0.3 is 10.1 Å². The number of Topliss-reactive ketones (excluding diaryl/α,β-unsaturated/α-hetero) is 2. The van der Waals surface area contributed by atoms with Crippen LogP contribution in [0.25, 0.3) is 11.2 Å². The van der Waals surface area contributed by atoms with Gasteiger partial charge in [0.1, 0.15) is 16.9 Å². The van der Waals surface area contributed by atoms with Crippen molar-refractivity contribution in [3.05, 3.63) is 42.1 Å². The Labute approximate surface area is 214 Å². The number of hydrogen-bond acceptors (Lipinski definition) is 7. The first-order valence-electron chi connectivity index (χ1n) is 12.7. The van der Waals surface area contributed by atoms with Gasteiger partial charge in [-0.05, 0) is 61.3 Å². The fraction of sp³-hybridized carbons (Fsp3) is 0.536. The lowest BCUT2D eigenvalue weighted by Gasteiger charge is -2.56. The highest BCUT2D eigenvalue weighted by Crippen LogP contribution is 2.67. The minimum Gasteiger partial charge on any atom is -0.381 e. The number of fused-ring (bicyclic) bond motifs is 6. The van der Waals surface area contributed by atoms with Crippen molar-refractivity contribution in [3.63, 3.8) is 0 Å². The van der Waals surface area contributed by atoms with Crippen molar-refractivity contribution in [2.75, 3.05) is 5.75 Å². The van der Waals surface area contributed by atoms with E-state index in [-0.39, 0.29) is 53.2 Å². The number of imidazole rings is 1. The molecule has 4 aliphatic rings. The summed E-state index contributed by atoms with van der Waals surface area (Å²) in [4.78, 5) is 51.4. The van der Waals surface area contributed by atoms with E-state index in [4.69, 9.17) is 0 Å². The van der Waals surface area contributed by atoms with E-state index in [1.165, 1.54) is 11.8 Å². The maximum atomic E-state index is 13.8. The van der Waals surface area contributed by atoms with Gasteiger partial charge in [-0.3, -0.25) is 14.4 Å². The predicted octanol–water partition coefficient (Wildman–Crippen LogP) is 4.08. The van der Waals surface area contributed by atoms with Gasteiger partial charge in [0, 0.05) is 29.4 Å². The molecule has 5 unspecified atom stereocenters. The molecule has 0 aromatic carbocycles. The van der Waals surface area contributed by atoms with E-state index in [9.17, 15) is 19.5 Å². The topological polar surface area (TPSA) is 113 Å². The summed E-state index contributed by atoms with van der Waals surface area (Å²) in [5.74, 6) is -0.414. The minimum absolute atomic E-state index is 0.0128. The molecule has 0 bridgehead atoms. The number of carbonyl (C=O) groups excluding carboxylic acids is 3. The summed E-state index contributed by atoms with van der Waals surface area (Å²) in [6, 6.07) is 3.67. The van der Waals surface area contributed by atoms with Crippen molar-refractivity contribution in [1.29, 1.82) is 0 Å². The van der Waals surface area contributed by atoms with Gasteiger partial charge >= 0.3 is 0 Å². The summed E-state index contributed by atoms with van der Waals surface area (Å²) < 4.78 is 0. The predicted molar refractivity (Wildman–Crippen MR) is 136 cm³/mol. The third-order valence-corrected chi connectivity index (χ3v) is 10.7. The molecular weight excluding hydrogens is 474 g/mol. The highest BCUT2D eigenvalue weighted by Gasteiger charge is 2.70. The Bertz CT molecular complexity index is 1330. The second-order valence-corrected chi connectivity index (χ2v) is 12.5. The molecule has 6 rings (SSSR count). The normalized spacial score (nSPS) is 39.5. The molecule has 2 N–H and O–H groups in total. The van der Waals surface area contributed by atoms with Crippen LogP contribution in [0.3, 0.4) is 0 Å².